The molecule has 1 aromatic rings. The molecule has 64 valence electrons. The molecule has 1 aromatic carbocycles. The number of hydrogen-bond donors (Lipinski definition) is 1. The van der Waals surface area contributed by atoms with E-state index in [9.17, 15) is 4.39 Å². The first-order chi connectivity index (χ1) is 5.65. The summed E-state index contributed by atoms with van der Waals surface area (Å²) in [6.45, 7) is 1.70. The van der Waals surface area contributed by atoms with Crippen LogP contribution in [0.4, 0.5) is 4.39 Å². The van der Waals surface area contributed by atoms with Gasteiger partial charge in [-0.2, -0.15) is 0 Å². The molecule has 1 nitrogen and oxygen atoms in total. The van der Waals surface area contributed by atoms with Gasteiger partial charge >= 0.3 is 0 Å². The van der Waals surface area contributed by atoms with Crippen LogP contribution in [0.25, 0.3) is 0 Å². The normalized spacial score (nSPS) is 9.92. The molecule has 0 atom stereocenters. The lowest BCUT2D eigenvalue weighted by Crippen LogP contribution is -1.94. The minimum absolute atomic E-state index is 0.215. The van der Waals surface area contributed by atoms with Gasteiger partial charge in [0.15, 0.2) is 0 Å². The van der Waals surface area contributed by atoms with Crippen LogP contribution in [-0.4, -0.2) is 11.3 Å². The van der Waals surface area contributed by atoms with Gasteiger partial charge in [-0.05, 0) is 36.9 Å². The molecule has 0 aliphatic heterocycles. The number of rotatable bonds is 1. The Morgan fingerprint density at radius 1 is 1.50 bits per heavy atom. The molecule has 0 spiro atoms. The van der Waals surface area contributed by atoms with Crippen molar-refractivity contribution in [3.8, 4) is 0 Å². The molecule has 1 N–H and O–H groups in total. The van der Waals surface area contributed by atoms with Gasteiger partial charge in [0.2, 0.25) is 0 Å². The molecule has 0 aromatic heterocycles. The maximum Gasteiger partial charge on any atom is 0.126 e. The molecular weight excluding hydrogens is 173 g/mol. The van der Waals surface area contributed by atoms with Gasteiger partial charge in [0, 0.05) is 5.56 Å². The summed E-state index contributed by atoms with van der Waals surface area (Å²) < 4.78 is 12.8. The lowest BCUT2D eigenvalue weighted by atomic mass is 10.1. The minimum Gasteiger partial charge on any atom is -0.293 e. The third kappa shape index (κ3) is 1.85. The second-order valence-electron chi connectivity index (χ2n) is 2.50. The van der Waals surface area contributed by atoms with Crippen LogP contribution in [0.3, 0.4) is 0 Å². The number of benzene rings is 1. The third-order valence-electron chi connectivity index (χ3n) is 1.62. The average molecular weight is 183 g/mol. The van der Waals surface area contributed by atoms with E-state index >= 15 is 0 Å². The minimum atomic E-state index is -0.215. The Balaban J connectivity index is 3.05. The Morgan fingerprint density at radius 2 is 2.17 bits per heavy atom. The second-order valence-corrected chi connectivity index (χ2v) is 3.31. The van der Waals surface area contributed by atoms with E-state index in [1.807, 2.05) is 6.26 Å². The largest absolute Gasteiger partial charge is 0.293 e. The molecule has 0 saturated heterocycles. The van der Waals surface area contributed by atoms with Crippen molar-refractivity contribution < 1.29 is 4.39 Å². The van der Waals surface area contributed by atoms with Crippen molar-refractivity contribution >= 4 is 16.8 Å². The van der Waals surface area contributed by atoms with Gasteiger partial charge in [-0.25, -0.2) is 4.39 Å². The van der Waals surface area contributed by atoms with Gasteiger partial charge < -0.3 is 0 Å². The van der Waals surface area contributed by atoms with E-state index in [2.05, 4.69) is 0 Å². The van der Waals surface area contributed by atoms with Crippen molar-refractivity contribution in [1.29, 1.82) is 5.41 Å². The van der Waals surface area contributed by atoms with Crippen LogP contribution in [0.2, 0.25) is 0 Å². The van der Waals surface area contributed by atoms with Crippen LogP contribution >= 0.6 is 11.8 Å². The van der Waals surface area contributed by atoms with E-state index in [0.29, 0.717) is 10.6 Å². The van der Waals surface area contributed by atoms with Crippen molar-refractivity contribution in [2.75, 3.05) is 6.26 Å². The molecule has 0 fully saturated rings. The molecular formula is C9H10FNS. The molecule has 0 heterocycles. The first-order valence-electron chi connectivity index (χ1n) is 3.54. The van der Waals surface area contributed by atoms with Gasteiger partial charge in [0.1, 0.15) is 5.82 Å². The van der Waals surface area contributed by atoms with Crippen molar-refractivity contribution in [3.05, 3.63) is 35.1 Å². The maximum absolute atomic E-state index is 12.8. The van der Waals surface area contributed by atoms with Crippen LogP contribution in [0.1, 0.15) is 11.1 Å². The van der Waals surface area contributed by atoms with E-state index < -0.39 is 0 Å². The summed E-state index contributed by atoms with van der Waals surface area (Å²) in [5.74, 6) is -0.215. The van der Waals surface area contributed by atoms with Gasteiger partial charge in [0.05, 0.1) is 5.04 Å². The molecule has 3 heteroatoms. The smallest absolute Gasteiger partial charge is 0.126 e. The van der Waals surface area contributed by atoms with E-state index in [1.165, 1.54) is 17.8 Å². The van der Waals surface area contributed by atoms with Gasteiger partial charge in [-0.3, -0.25) is 5.41 Å². The van der Waals surface area contributed by atoms with Crippen molar-refractivity contribution in [2.45, 2.75) is 6.92 Å². The summed E-state index contributed by atoms with van der Waals surface area (Å²) in [4.78, 5) is 0. The SMILES string of the molecule is CSC(=N)c1ccc(F)c(C)c1. The van der Waals surface area contributed by atoms with Crippen molar-refractivity contribution in [3.63, 3.8) is 0 Å². The van der Waals surface area contributed by atoms with Crippen molar-refractivity contribution in [2.24, 2.45) is 0 Å². The zero-order chi connectivity index (χ0) is 9.14. The summed E-state index contributed by atoms with van der Waals surface area (Å²) in [5.41, 5.74) is 1.37. The Bertz CT molecular complexity index is 309. The molecule has 0 radical (unpaired) electrons. The zero-order valence-corrected chi connectivity index (χ0v) is 7.83. The van der Waals surface area contributed by atoms with E-state index in [-0.39, 0.29) is 5.82 Å². The fourth-order valence-electron chi connectivity index (χ4n) is 0.904. The van der Waals surface area contributed by atoms with Crippen LogP contribution in [-0.2, 0) is 0 Å². The van der Waals surface area contributed by atoms with Crippen LogP contribution in [0, 0.1) is 18.2 Å². The van der Waals surface area contributed by atoms with Gasteiger partial charge in [0.25, 0.3) is 0 Å². The zero-order valence-electron chi connectivity index (χ0n) is 7.02. The highest BCUT2D eigenvalue weighted by Crippen LogP contribution is 2.13. The predicted octanol–water partition coefficient (Wildman–Crippen LogP) is 2.82. The van der Waals surface area contributed by atoms with Crippen LogP contribution in [0.15, 0.2) is 18.2 Å². The fourth-order valence-corrected chi connectivity index (χ4v) is 1.27. The molecule has 0 unspecified atom stereocenters. The Hall–Kier alpha value is -0.830. The summed E-state index contributed by atoms with van der Waals surface area (Å²) in [5, 5.41) is 7.96. The van der Waals surface area contributed by atoms with Gasteiger partial charge in [-0.1, -0.05) is 0 Å². The Kier molecular flexibility index (Phi) is 2.87. The van der Waals surface area contributed by atoms with E-state index in [4.69, 9.17) is 5.41 Å². The summed E-state index contributed by atoms with van der Waals surface area (Å²) >= 11 is 1.35. The monoisotopic (exact) mass is 183 g/mol. The lowest BCUT2D eigenvalue weighted by Gasteiger charge is -2.01. The maximum atomic E-state index is 12.8. The number of aryl methyl sites for hydroxylation is 1. The molecule has 0 aliphatic rings. The molecule has 0 saturated carbocycles. The summed E-state index contributed by atoms with van der Waals surface area (Å²) in [7, 11) is 0. The van der Waals surface area contributed by atoms with Crippen LogP contribution < -0.4 is 0 Å². The average Bonchev–Trinajstić information content (AvgIpc) is 2.08. The number of hydrogen-bond acceptors (Lipinski definition) is 2. The topological polar surface area (TPSA) is 23.9 Å². The van der Waals surface area contributed by atoms with Crippen LogP contribution in [0.5, 0.6) is 0 Å². The summed E-state index contributed by atoms with van der Waals surface area (Å²) in [6, 6.07) is 4.71. The number of halogens is 1. The summed E-state index contributed by atoms with van der Waals surface area (Å²) in [6.07, 6.45) is 1.83. The fraction of sp³-hybridized carbons (Fsp3) is 0.222. The molecule has 1 rings (SSSR count). The number of thioether (sulfide) groups is 1. The second kappa shape index (κ2) is 3.72. The van der Waals surface area contributed by atoms with Gasteiger partial charge in [-0.15, -0.1) is 11.8 Å². The number of nitrogens with one attached hydrogen (secondary N) is 1. The first kappa shape index (κ1) is 9.26. The molecule has 0 aliphatic carbocycles. The van der Waals surface area contributed by atoms with E-state index in [1.54, 1.807) is 19.1 Å². The highest BCUT2D eigenvalue weighted by atomic mass is 32.2. The first-order valence-corrected chi connectivity index (χ1v) is 4.76. The van der Waals surface area contributed by atoms with E-state index in [0.717, 1.165) is 5.56 Å². The predicted molar refractivity (Wildman–Crippen MR) is 51.5 cm³/mol. The van der Waals surface area contributed by atoms with Crippen molar-refractivity contribution in [1.82, 2.24) is 0 Å². The molecule has 12 heavy (non-hydrogen) atoms. The third-order valence-corrected chi connectivity index (χ3v) is 2.27. The Morgan fingerprint density at radius 3 is 2.67 bits per heavy atom. The Labute approximate surface area is 75.5 Å². The quantitative estimate of drug-likeness (QED) is 0.525. The molecule has 0 amide bonds. The lowest BCUT2D eigenvalue weighted by molar-refractivity contribution is 0.618. The standard InChI is InChI=1S/C9H10FNS/c1-6-5-7(9(11)12-2)3-4-8(6)10/h3-5,11H,1-2H3. The highest BCUT2D eigenvalue weighted by molar-refractivity contribution is 8.13. The molecule has 0 bridgehead atoms. The highest BCUT2D eigenvalue weighted by Gasteiger charge is 2.02.